The first-order valence-electron chi connectivity index (χ1n) is 10.6. The fraction of sp³-hybridized carbons (Fsp3) is 0.160. The molecule has 8 heteroatoms. The number of para-hydroxylation sites is 2. The molecule has 160 valence electrons. The molecule has 0 radical (unpaired) electrons. The Morgan fingerprint density at radius 2 is 1.58 bits per heavy atom. The zero-order valence-corrected chi connectivity index (χ0v) is 17.1. The Labute approximate surface area is 186 Å². The van der Waals surface area contributed by atoms with Crippen molar-refractivity contribution in [3.8, 4) is 5.75 Å². The third-order valence-corrected chi connectivity index (χ3v) is 6.88. The first-order valence-corrected chi connectivity index (χ1v) is 10.6. The lowest BCUT2D eigenvalue weighted by atomic mass is 9.84. The van der Waals surface area contributed by atoms with Crippen molar-refractivity contribution in [2.45, 2.75) is 24.4 Å². The van der Waals surface area contributed by atoms with Crippen LogP contribution in [0.3, 0.4) is 0 Å². The van der Waals surface area contributed by atoms with Gasteiger partial charge in [-0.25, -0.2) is 24.7 Å². The number of carboxylic acid groups (broad SMARTS) is 1. The second kappa shape index (κ2) is 6.20. The van der Waals surface area contributed by atoms with Gasteiger partial charge in [0.05, 0.1) is 51.0 Å². The Morgan fingerprint density at radius 3 is 2.39 bits per heavy atom. The molecule has 0 unspecified atom stereocenters. The molecule has 3 N–H and O–H groups in total. The van der Waals surface area contributed by atoms with Crippen LogP contribution in [-0.4, -0.2) is 47.3 Å². The van der Waals surface area contributed by atoms with E-state index in [1.165, 1.54) is 6.07 Å². The molecule has 3 atom stereocenters. The number of benzene rings is 3. The highest BCUT2D eigenvalue weighted by Gasteiger charge is 2.48. The number of rotatable bonds is 1. The first-order chi connectivity index (χ1) is 16.0. The third kappa shape index (κ3) is 2.35. The molecule has 2 bridgehead atoms. The maximum Gasteiger partial charge on any atom is 0.337 e. The van der Waals surface area contributed by atoms with Crippen molar-refractivity contribution in [3.63, 3.8) is 0 Å². The summed E-state index contributed by atoms with van der Waals surface area (Å²) in [7, 11) is 0. The van der Waals surface area contributed by atoms with E-state index in [1.807, 2.05) is 18.2 Å². The molecule has 2 heterocycles. The summed E-state index contributed by atoms with van der Waals surface area (Å²) in [6, 6.07) is 13.8. The molecule has 2 aliphatic carbocycles. The number of aromatic nitrogens is 4. The van der Waals surface area contributed by atoms with Gasteiger partial charge in [-0.05, 0) is 41.5 Å². The molecule has 0 spiro atoms. The molecule has 0 aliphatic heterocycles. The lowest BCUT2D eigenvalue weighted by Crippen LogP contribution is -2.28. The standard InChI is InChI=1S/C25H16N4O4/c30-17-6-2-5-14-21(17)29-23-16(26-14)9-12-18-10(19(23)24(12)31)7-8-15-22(18)28-13-4-1-3-11(25(32)33)20(13)27-15/h1-8,12,19,24,30-31H,9H2,(H,32,33)/t12-,19-,24+/m0/s1. The number of nitrogens with zero attached hydrogens (tertiary/aromatic N) is 4. The number of phenols is 1. The summed E-state index contributed by atoms with van der Waals surface area (Å²) in [4.78, 5) is 30.6. The second-order valence-corrected chi connectivity index (χ2v) is 8.62. The minimum atomic E-state index is -1.05. The summed E-state index contributed by atoms with van der Waals surface area (Å²) in [5.74, 6) is -1.59. The number of hydrogen-bond acceptors (Lipinski definition) is 7. The predicted molar refractivity (Wildman–Crippen MR) is 120 cm³/mol. The van der Waals surface area contributed by atoms with Gasteiger partial charge in [-0.1, -0.05) is 18.2 Å². The maximum absolute atomic E-state index is 11.6. The van der Waals surface area contributed by atoms with Crippen LogP contribution in [0.25, 0.3) is 33.1 Å². The van der Waals surface area contributed by atoms with E-state index in [4.69, 9.17) is 15.0 Å². The van der Waals surface area contributed by atoms with E-state index >= 15 is 0 Å². The number of aromatic hydroxyl groups is 1. The largest absolute Gasteiger partial charge is 0.506 e. The van der Waals surface area contributed by atoms with Crippen molar-refractivity contribution in [1.82, 2.24) is 19.9 Å². The summed E-state index contributed by atoms with van der Waals surface area (Å²) in [5.41, 5.74) is 6.54. The Bertz CT molecular complexity index is 1680. The molecule has 33 heavy (non-hydrogen) atoms. The molecule has 2 aromatic heterocycles. The SMILES string of the molecule is O=C(O)c1cccc2nc3c4c(ccc3nc12)[C@H]1c2nc3c(O)cccc3nc2C[C@@H]4[C@H]1O. The zero-order chi connectivity index (χ0) is 22.4. The molecule has 7 rings (SSSR count). The smallest absolute Gasteiger partial charge is 0.337 e. The molecule has 0 fully saturated rings. The Balaban J connectivity index is 1.50. The molecule has 0 saturated heterocycles. The monoisotopic (exact) mass is 436 g/mol. The summed E-state index contributed by atoms with van der Waals surface area (Å²) < 4.78 is 0. The van der Waals surface area contributed by atoms with Crippen LogP contribution in [0, 0.1) is 0 Å². The summed E-state index contributed by atoms with van der Waals surface area (Å²) in [5, 5.41) is 31.1. The summed E-state index contributed by atoms with van der Waals surface area (Å²) in [6.45, 7) is 0. The van der Waals surface area contributed by atoms with Crippen LogP contribution in [0.5, 0.6) is 5.75 Å². The van der Waals surface area contributed by atoms with E-state index in [-0.39, 0.29) is 23.1 Å². The lowest BCUT2D eigenvalue weighted by Gasteiger charge is -2.27. The number of aliphatic hydroxyl groups excluding tert-OH is 1. The minimum Gasteiger partial charge on any atom is -0.506 e. The van der Waals surface area contributed by atoms with Gasteiger partial charge in [-0.2, -0.15) is 0 Å². The van der Waals surface area contributed by atoms with Gasteiger partial charge >= 0.3 is 5.97 Å². The highest BCUT2D eigenvalue weighted by Crippen LogP contribution is 2.53. The van der Waals surface area contributed by atoms with E-state index < -0.39 is 12.1 Å². The van der Waals surface area contributed by atoms with Crippen LogP contribution in [0.4, 0.5) is 0 Å². The van der Waals surface area contributed by atoms with Gasteiger partial charge in [0.15, 0.2) is 0 Å². The predicted octanol–water partition coefficient (Wildman–Crippen LogP) is 3.28. The van der Waals surface area contributed by atoms with Crippen LogP contribution in [0.2, 0.25) is 0 Å². The Kier molecular flexibility index (Phi) is 3.46. The van der Waals surface area contributed by atoms with Crippen LogP contribution >= 0.6 is 0 Å². The van der Waals surface area contributed by atoms with E-state index in [0.29, 0.717) is 45.2 Å². The van der Waals surface area contributed by atoms with Gasteiger partial charge in [-0.15, -0.1) is 0 Å². The molecule has 5 aromatic rings. The van der Waals surface area contributed by atoms with Gasteiger partial charge < -0.3 is 15.3 Å². The molecule has 8 nitrogen and oxygen atoms in total. The summed E-state index contributed by atoms with van der Waals surface area (Å²) >= 11 is 0. The molecule has 2 aliphatic rings. The van der Waals surface area contributed by atoms with Crippen molar-refractivity contribution in [1.29, 1.82) is 0 Å². The van der Waals surface area contributed by atoms with Gasteiger partial charge in [0.1, 0.15) is 16.8 Å². The number of aliphatic hydroxyl groups is 1. The highest BCUT2D eigenvalue weighted by molar-refractivity contribution is 6.03. The van der Waals surface area contributed by atoms with Crippen molar-refractivity contribution in [3.05, 3.63) is 76.6 Å². The normalized spacial score (nSPS) is 20.8. The molecule has 0 saturated carbocycles. The number of carbonyl (C=O) groups is 1. The van der Waals surface area contributed by atoms with E-state index in [1.54, 1.807) is 24.3 Å². The average Bonchev–Trinajstić information content (AvgIpc) is 2.99. The Hall–Kier alpha value is -4.17. The van der Waals surface area contributed by atoms with E-state index in [9.17, 15) is 20.1 Å². The number of aromatic carboxylic acids is 1. The third-order valence-electron chi connectivity index (χ3n) is 6.88. The molecular formula is C25H16N4O4. The minimum absolute atomic E-state index is 0.0581. The van der Waals surface area contributed by atoms with Gasteiger partial charge in [0.25, 0.3) is 0 Å². The maximum atomic E-state index is 11.6. The summed E-state index contributed by atoms with van der Waals surface area (Å²) in [6.07, 6.45) is -0.203. The highest BCUT2D eigenvalue weighted by atomic mass is 16.4. The molecule has 0 amide bonds. The number of fused-ring (bicyclic) bond motifs is 11. The van der Waals surface area contributed by atoms with Gasteiger partial charge in [0, 0.05) is 12.3 Å². The van der Waals surface area contributed by atoms with Crippen LogP contribution in [0.1, 0.15) is 44.7 Å². The van der Waals surface area contributed by atoms with Crippen molar-refractivity contribution >= 4 is 39.1 Å². The topological polar surface area (TPSA) is 129 Å². The second-order valence-electron chi connectivity index (χ2n) is 8.62. The first kappa shape index (κ1) is 18.4. The van der Waals surface area contributed by atoms with Gasteiger partial charge in [-0.3, -0.25) is 0 Å². The van der Waals surface area contributed by atoms with Crippen LogP contribution in [0.15, 0.2) is 48.5 Å². The van der Waals surface area contributed by atoms with E-state index in [0.717, 1.165) is 16.8 Å². The molecular weight excluding hydrogens is 420 g/mol. The fourth-order valence-corrected chi connectivity index (χ4v) is 5.47. The lowest BCUT2D eigenvalue weighted by molar-refractivity contribution is 0.0698. The number of hydrogen-bond donors (Lipinski definition) is 3. The fourth-order valence-electron chi connectivity index (χ4n) is 5.47. The van der Waals surface area contributed by atoms with Crippen LogP contribution < -0.4 is 0 Å². The average molecular weight is 436 g/mol. The quantitative estimate of drug-likeness (QED) is 0.342. The number of carboxylic acids is 1. The van der Waals surface area contributed by atoms with Crippen molar-refractivity contribution in [2.24, 2.45) is 0 Å². The van der Waals surface area contributed by atoms with Crippen molar-refractivity contribution in [2.75, 3.05) is 0 Å². The number of phenolic OH excluding ortho intramolecular Hbond substituents is 1. The van der Waals surface area contributed by atoms with Crippen LogP contribution in [-0.2, 0) is 6.42 Å². The van der Waals surface area contributed by atoms with E-state index in [2.05, 4.69) is 4.98 Å². The Morgan fingerprint density at radius 1 is 0.848 bits per heavy atom. The zero-order valence-electron chi connectivity index (χ0n) is 17.1. The molecule has 3 aromatic carbocycles. The van der Waals surface area contributed by atoms with Crippen molar-refractivity contribution < 1.29 is 20.1 Å². The van der Waals surface area contributed by atoms with Gasteiger partial charge in [0.2, 0.25) is 0 Å².